The highest BCUT2D eigenvalue weighted by molar-refractivity contribution is 7.16. The van der Waals surface area contributed by atoms with Gasteiger partial charge in [-0.15, -0.1) is 11.3 Å². The van der Waals surface area contributed by atoms with Gasteiger partial charge in [-0.3, -0.25) is 0 Å². The lowest BCUT2D eigenvalue weighted by molar-refractivity contribution is 0.0606. The lowest BCUT2D eigenvalue weighted by Crippen LogP contribution is -2.05. The van der Waals surface area contributed by atoms with Crippen molar-refractivity contribution in [3.63, 3.8) is 0 Å². The molecule has 0 aliphatic rings. The molecule has 1 aromatic carbocycles. The largest absolute Gasteiger partial charge is 0.491 e. The fourth-order valence-corrected chi connectivity index (χ4v) is 2.39. The van der Waals surface area contributed by atoms with Crippen LogP contribution in [0.5, 0.6) is 5.75 Å². The first-order valence-corrected chi connectivity index (χ1v) is 6.73. The Morgan fingerprint density at radius 2 is 1.95 bits per heavy atom. The average Bonchev–Trinajstić information content (AvgIpc) is 2.87. The molecular weight excluding hydrogens is 262 g/mol. The summed E-state index contributed by atoms with van der Waals surface area (Å²) in [5.41, 5.74) is 0.955. The number of thiazole rings is 1. The van der Waals surface area contributed by atoms with Crippen molar-refractivity contribution >= 4 is 17.3 Å². The quantitative estimate of drug-likeness (QED) is 0.804. The number of benzene rings is 1. The molecule has 1 heterocycles. The van der Waals surface area contributed by atoms with Crippen molar-refractivity contribution in [2.45, 2.75) is 20.0 Å². The standard InChI is InChI=1S/C14H15NO3S/c1-9(2)18-11-6-4-10(5-7-11)13-15-8-12(19-13)14(16)17-3/h4-9H,1-3H3. The van der Waals surface area contributed by atoms with Crippen LogP contribution in [0.4, 0.5) is 0 Å². The lowest BCUT2D eigenvalue weighted by atomic mass is 10.2. The highest BCUT2D eigenvalue weighted by atomic mass is 32.1. The zero-order chi connectivity index (χ0) is 13.8. The second kappa shape index (κ2) is 5.84. The molecule has 0 amide bonds. The van der Waals surface area contributed by atoms with Crippen LogP contribution in [0.1, 0.15) is 23.5 Å². The van der Waals surface area contributed by atoms with Gasteiger partial charge in [-0.1, -0.05) is 0 Å². The van der Waals surface area contributed by atoms with Crippen molar-refractivity contribution in [3.8, 4) is 16.3 Å². The molecular formula is C14H15NO3S. The van der Waals surface area contributed by atoms with Crippen molar-refractivity contribution in [1.29, 1.82) is 0 Å². The van der Waals surface area contributed by atoms with Crippen LogP contribution in [0.2, 0.25) is 0 Å². The molecule has 1 aromatic heterocycles. The Balaban J connectivity index is 2.18. The minimum absolute atomic E-state index is 0.150. The van der Waals surface area contributed by atoms with Gasteiger partial charge >= 0.3 is 5.97 Å². The summed E-state index contributed by atoms with van der Waals surface area (Å²) in [5.74, 6) is 0.465. The molecule has 0 aliphatic heterocycles. The normalized spacial score (nSPS) is 10.5. The minimum Gasteiger partial charge on any atom is -0.491 e. The molecule has 0 saturated carbocycles. The molecule has 4 nitrogen and oxygen atoms in total. The first kappa shape index (κ1) is 13.5. The number of esters is 1. The Hall–Kier alpha value is -1.88. The molecule has 0 unspecified atom stereocenters. The molecule has 0 atom stereocenters. The molecule has 0 spiro atoms. The molecule has 5 heteroatoms. The third-order valence-corrected chi connectivity index (χ3v) is 3.39. The summed E-state index contributed by atoms with van der Waals surface area (Å²) in [6, 6.07) is 7.65. The van der Waals surface area contributed by atoms with Crippen LogP contribution in [-0.4, -0.2) is 24.2 Å². The molecule has 2 rings (SSSR count). The van der Waals surface area contributed by atoms with E-state index in [9.17, 15) is 4.79 Å². The van der Waals surface area contributed by atoms with E-state index in [1.807, 2.05) is 38.1 Å². The van der Waals surface area contributed by atoms with Crippen LogP contribution >= 0.6 is 11.3 Å². The fourth-order valence-electron chi connectivity index (χ4n) is 1.55. The van der Waals surface area contributed by atoms with Crippen molar-refractivity contribution in [1.82, 2.24) is 4.98 Å². The summed E-state index contributed by atoms with van der Waals surface area (Å²) in [5, 5.41) is 0.788. The van der Waals surface area contributed by atoms with Gasteiger partial charge in [0, 0.05) is 5.56 Å². The van der Waals surface area contributed by atoms with Crippen molar-refractivity contribution in [2.24, 2.45) is 0 Å². The summed E-state index contributed by atoms with van der Waals surface area (Å²) in [4.78, 5) is 16.1. The lowest BCUT2D eigenvalue weighted by Gasteiger charge is -2.09. The van der Waals surface area contributed by atoms with Crippen molar-refractivity contribution < 1.29 is 14.3 Å². The molecule has 100 valence electrons. The molecule has 0 N–H and O–H groups in total. The highest BCUT2D eigenvalue weighted by Gasteiger charge is 2.11. The number of hydrogen-bond donors (Lipinski definition) is 0. The highest BCUT2D eigenvalue weighted by Crippen LogP contribution is 2.27. The number of carbonyl (C=O) groups excluding carboxylic acids is 1. The van der Waals surface area contributed by atoms with Gasteiger partial charge in [0.1, 0.15) is 15.6 Å². The Labute approximate surface area is 116 Å². The van der Waals surface area contributed by atoms with Crippen molar-refractivity contribution in [3.05, 3.63) is 35.3 Å². The van der Waals surface area contributed by atoms with E-state index in [1.165, 1.54) is 24.6 Å². The van der Waals surface area contributed by atoms with E-state index < -0.39 is 0 Å². The van der Waals surface area contributed by atoms with Gasteiger partial charge < -0.3 is 9.47 Å². The first-order chi connectivity index (χ1) is 9.10. The molecule has 0 aliphatic carbocycles. The van der Waals surface area contributed by atoms with E-state index in [0.29, 0.717) is 4.88 Å². The Kier molecular flexibility index (Phi) is 4.16. The maximum Gasteiger partial charge on any atom is 0.349 e. The van der Waals surface area contributed by atoms with Gasteiger partial charge in [-0.05, 0) is 38.1 Å². The molecule has 0 saturated heterocycles. The maximum atomic E-state index is 11.4. The third kappa shape index (κ3) is 3.32. The Bertz CT molecular complexity index is 560. The van der Waals surface area contributed by atoms with E-state index in [-0.39, 0.29) is 12.1 Å². The van der Waals surface area contributed by atoms with Crippen LogP contribution in [0.3, 0.4) is 0 Å². The zero-order valence-electron chi connectivity index (χ0n) is 11.0. The second-order valence-corrected chi connectivity index (χ2v) is 5.24. The van der Waals surface area contributed by atoms with Gasteiger partial charge in [0.25, 0.3) is 0 Å². The van der Waals surface area contributed by atoms with E-state index in [2.05, 4.69) is 9.72 Å². The SMILES string of the molecule is COC(=O)c1cnc(-c2ccc(OC(C)C)cc2)s1. The summed E-state index contributed by atoms with van der Waals surface area (Å²) >= 11 is 1.31. The summed E-state index contributed by atoms with van der Waals surface area (Å²) in [7, 11) is 1.36. The Morgan fingerprint density at radius 3 is 2.53 bits per heavy atom. The predicted molar refractivity (Wildman–Crippen MR) is 74.7 cm³/mol. The van der Waals surface area contributed by atoms with Gasteiger partial charge in [0.15, 0.2) is 0 Å². The minimum atomic E-state index is -0.358. The molecule has 2 aromatic rings. The van der Waals surface area contributed by atoms with E-state index in [0.717, 1.165) is 16.3 Å². The van der Waals surface area contributed by atoms with E-state index in [1.54, 1.807) is 0 Å². The molecule has 0 bridgehead atoms. The topological polar surface area (TPSA) is 48.4 Å². The summed E-state index contributed by atoms with van der Waals surface area (Å²) in [6.07, 6.45) is 1.68. The first-order valence-electron chi connectivity index (χ1n) is 5.91. The average molecular weight is 277 g/mol. The van der Waals surface area contributed by atoms with Gasteiger partial charge in [0.2, 0.25) is 0 Å². The molecule has 0 radical (unpaired) electrons. The number of aromatic nitrogens is 1. The number of carbonyl (C=O) groups is 1. The van der Waals surface area contributed by atoms with Gasteiger partial charge in [0.05, 0.1) is 19.4 Å². The van der Waals surface area contributed by atoms with E-state index in [4.69, 9.17) is 4.74 Å². The molecule has 0 fully saturated rings. The van der Waals surface area contributed by atoms with Crippen LogP contribution in [0, 0.1) is 0 Å². The number of ether oxygens (including phenoxy) is 2. The summed E-state index contributed by atoms with van der Waals surface area (Å²) < 4.78 is 10.2. The van der Waals surface area contributed by atoms with Gasteiger partial charge in [-0.25, -0.2) is 9.78 Å². The number of rotatable bonds is 4. The number of nitrogens with zero attached hydrogens (tertiary/aromatic N) is 1. The third-order valence-electron chi connectivity index (χ3n) is 2.37. The smallest absolute Gasteiger partial charge is 0.349 e. The van der Waals surface area contributed by atoms with Gasteiger partial charge in [-0.2, -0.15) is 0 Å². The van der Waals surface area contributed by atoms with Crippen LogP contribution < -0.4 is 4.74 Å². The number of methoxy groups -OCH3 is 1. The predicted octanol–water partition coefficient (Wildman–Crippen LogP) is 3.38. The molecule has 19 heavy (non-hydrogen) atoms. The van der Waals surface area contributed by atoms with Crippen LogP contribution in [-0.2, 0) is 4.74 Å². The zero-order valence-corrected chi connectivity index (χ0v) is 11.9. The maximum absolute atomic E-state index is 11.4. The summed E-state index contributed by atoms with van der Waals surface area (Å²) in [6.45, 7) is 3.97. The second-order valence-electron chi connectivity index (χ2n) is 4.21. The number of hydrogen-bond acceptors (Lipinski definition) is 5. The van der Waals surface area contributed by atoms with E-state index >= 15 is 0 Å². The van der Waals surface area contributed by atoms with Crippen molar-refractivity contribution in [2.75, 3.05) is 7.11 Å². The van der Waals surface area contributed by atoms with Crippen LogP contribution in [0.15, 0.2) is 30.5 Å². The monoisotopic (exact) mass is 277 g/mol. The fraction of sp³-hybridized carbons (Fsp3) is 0.286. The Morgan fingerprint density at radius 1 is 1.26 bits per heavy atom. The van der Waals surface area contributed by atoms with Crippen LogP contribution in [0.25, 0.3) is 10.6 Å².